The molecular weight excluding hydrogens is 873 g/mol. The molecule has 3 N–H and O–H groups in total. The molecule has 15 heteroatoms. The Hall–Kier alpha value is -3.41. The second-order valence-corrected chi connectivity index (χ2v) is 20.3. The van der Waals surface area contributed by atoms with Crippen LogP contribution in [-0.2, 0) is 47.6 Å². The molecule has 0 aromatic heterocycles. The van der Waals surface area contributed by atoms with E-state index >= 15 is 0 Å². The first-order valence-corrected chi connectivity index (χ1v) is 25.2. The lowest BCUT2D eigenvalue weighted by Gasteiger charge is -2.54. The van der Waals surface area contributed by atoms with Gasteiger partial charge in [-0.05, 0) is 107 Å². The Kier molecular flexibility index (Phi) is 21.4. The predicted molar refractivity (Wildman–Crippen MR) is 258 cm³/mol. The topological polar surface area (TPSA) is 200 Å². The van der Waals surface area contributed by atoms with Crippen molar-refractivity contribution in [2.24, 2.45) is 40.5 Å². The summed E-state index contributed by atoms with van der Waals surface area (Å²) < 4.78 is 36.7. The van der Waals surface area contributed by atoms with Crippen LogP contribution < -0.4 is 0 Å². The number of ketones is 2. The van der Waals surface area contributed by atoms with E-state index in [2.05, 4.69) is 4.99 Å². The number of methoxy groups -OCH3 is 3. The summed E-state index contributed by atoms with van der Waals surface area (Å²) >= 11 is 0. The molecule has 5 aliphatic rings. The minimum atomic E-state index is -1.46. The number of fused-ring (bicyclic) bond motifs is 2. The van der Waals surface area contributed by atoms with E-state index in [4.69, 9.17) is 28.4 Å². The summed E-state index contributed by atoms with van der Waals surface area (Å²) in [5, 5.41) is 32.0. The lowest BCUT2D eigenvalue weighted by Crippen LogP contribution is -2.68. The molecule has 7 unspecified atom stereocenters. The summed E-state index contributed by atoms with van der Waals surface area (Å²) in [6.07, 6.45) is 13.1. The van der Waals surface area contributed by atoms with Gasteiger partial charge < -0.3 is 48.6 Å². The fraction of sp³-hybridized carbons (Fsp3) is 0.755. The van der Waals surface area contributed by atoms with Crippen LogP contribution in [0.4, 0.5) is 0 Å². The molecule has 68 heavy (non-hydrogen) atoms. The summed E-state index contributed by atoms with van der Waals surface area (Å²) in [5.41, 5.74) is 1.41. The largest absolute Gasteiger partial charge is 0.460 e. The van der Waals surface area contributed by atoms with Crippen molar-refractivity contribution >= 4 is 29.2 Å². The van der Waals surface area contributed by atoms with E-state index in [1.54, 1.807) is 34.1 Å². The SMILES string of the molecule is COC1CC(C[C@@H](C)[C@@H]2CC(=O)[C@H](C)/C=C(\C)C(O)[C@@H](OC)C(=O)C(C)C[C@H](C)/C=C/C=C/C=C(\C)[C@@H](OC)C[C@@H]3CCC4COC4(O3)C(=NCCO)C(=O)N3CCCCC3C(=O)O2)CC[C@H]1O. The molecule has 2 bridgehead atoms. The van der Waals surface area contributed by atoms with E-state index in [0.717, 1.165) is 12.0 Å². The first-order valence-electron chi connectivity index (χ1n) is 25.2. The number of esters is 1. The number of rotatable bonds is 8. The lowest BCUT2D eigenvalue weighted by atomic mass is 9.78. The van der Waals surface area contributed by atoms with Gasteiger partial charge in [-0.15, -0.1) is 0 Å². The van der Waals surface area contributed by atoms with Crippen LogP contribution in [0.1, 0.15) is 119 Å². The molecule has 1 aliphatic carbocycles. The van der Waals surface area contributed by atoms with Gasteiger partial charge in [-0.2, -0.15) is 0 Å². The zero-order valence-corrected chi connectivity index (χ0v) is 42.2. The number of Topliss-reactive ketones (excluding diaryl/α,β-unsaturated/α-hetero) is 2. The van der Waals surface area contributed by atoms with Gasteiger partial charge in [0.05, 0.1) is 44.2 Å². The van der Waals surface area contributed by atoms with Gasteiger partial charge in [0, 0.05) is 58.5 Å². The van der Waals surface area contributed by atoms with Crippen molar-refractivity contribution in [3.05, 3.63) is 47.6 Å². The number of ether oxygens (including phenoxy) is 6. The molecule has 1 amide bonds. The maximum absolute atomic E-state index is 15.0. The zero-order valence-electron chi connectivity index (χ0n) is 42.2. The van der Waals surface area contributed by atoms with Crippen molar-refractivity contribution in [1.82, 2.24) is 4.90 Å². The number of hydrogen-bond donors (Lipinski definition) is 3. The van der Waals surface area contributed by atoms with Gasteiger partial charge in [0.15, 0.2) is 11.5 Å². The van der Waals surface area contributed by atoms with E-state index in [0.29, 0.717) is 76.4 Å². The smallest absolute Gasteiger partial charge is 0.329 e. The predicted octanol–water partition coefficient (Wildman–Crippen LogP) is 6.06. The second-order valence-electron chi connectivity index (χ2n) is 20.3. The quantitative estimate of drug-likeness (QED) is 0.188. The van der Waals surface area contributed by atoms with Crippen molar-refractivity contribution < 1.29 is 62.9 Å². The number of aliphatic hydroxyl groups is 3. The fourth-order valence-corrected chi connectivity index (χ4v) is 10.9. The van der Waals surface area contributed by atoms with Crippen LogP contribution in [0.5, 0.6) is 0 Å². The zero-order chi connectivity index (χ0) is 49.7. The Morgan fingerprint density at radius 1 is 0.897 bits per heavy atom. The summed E-state index contributed by atoms with van der Waals surface area (Å²) in [5.74, 6) is -4.48. The van der Waals surface area contributed by atoms with Crippen LogP contribution >= 0.6 is 0 Å². The molecule has 4 heterocycles. The number of aliphatic imine (C=N–C) groups is 1. The van der Waals surface area contributed by atoms with Crippen molar-refractivity contribution in [1.29, 1.82) is 0 Å². The standard InChI is InChI=1S/C53H82N2O13/c1-32-15-11-10-12-16-33(2)44(63-7)29-40-20-19-39-31-66-53(39,68-40)50(54-22-24-56)51(61)55-23-14-13-17-41(55)52(62)67-45(35(4)27-38-18-21-42(57)46(28-38)64-8)30-43(58)34(3)26-37(6)48(60)49(65-9)47(59)36(5)25-32/h10-12,15-16,26,32,34-36,38-42,44-46,48-49,56-57,60H,13-14,17-25,27-31H2,1-9H3/b12-10+,15-11+,33-16+,37-26+,54-50?/t32-,34-,35-,36?,38?,39?,40+,41?,42-,44+,45+,46?,48?,49+,53?/m1/s1. The monoisotopic (exact) mass is 955 g/mol. The van der Waals surface area contributed by atoms with Crippen LogP contribution in [0.15, 0.2) is 52.6 Å². The van der Waals surface area contributed by atoms with E-state index in [1.807, 2.05) is 58.1 Å². The molecule has 4 aliphatic heterocycles. The van der Waals surface area contributed by atoms with Gasteiger partial charge in [-0.1, -0.05) is 64.2 Å². The number of hydrogen-bond acceptors (Lipinski definition) is 14. The van der Waals surface area contributed by atoms with E-state index < -0.39 is 60.0 Å². The Morgan fingerprint density at radius 3 is 2.34 bits per heavy atom. The van der Waals surface area contributed by atoms with E-state index in [1.165, 1.54) is 12.0 Å². The Labute approximate surface area is 404 Å². The highest BCUT2D eigenvalue weighted by atomic mass is 16.7. The van der Waals surface area contributed by atoms with Gasteiger partial charge in [0.25, 0.3) is 5.91 Å². The molecule has 1 spiro atoms. The lowest BCUT2D eigenvalue weighted by molar-refractivity contribution is -0.342. The van der Waals surface area contributed by atoms with Gasteiger partial charge in [0.1, 0.15) is 30.1 Å². The Bertz CT molecular complexity index is 1860. The van der Waals surface area contributed by atoms with Crippen molar-refractivity contribution in [2.75, 3.05) is 47.6 Å². The molecule has 15 atom stereocenters. The number of aliphatic hydroxyl groups excluding tert-OH is 3. The number of nitrogens with zero attached hydrogens (tertiary/aromatic N) is 2. The number of amides is 1. The molecule has 5 rings (SSSR count). The third-order valence-electron chi connectivity index (χ3n) is 15.1. The fourth-order valence-electron chi connectivity index (χ4n) is 10.9. The second kappa shape index (κ2) is 26.2. The molecule has 4 fully saturated rings. The molecule has 1 saturated carbocycles. The highest BCUT2D eigenvalue weighted by Gasteiger charge is 2.60. The number of allylic oxidation sites excluding steroid dienone is 6. The average Bonchev–Trinajstić information content (AvgIpc) is 3.31. The third kappa shape index (κ3) is 13.9. The highest BCUT2D eigenvalue weighted by molar-refractivity contribution is 6.42. The van der Waals surface area contributed by atoms with Crippen LogP contribution in [0, 0.1) is 35.5 Å². The minimum absolute atomic E-state index is 0.0265. The Morgan fingerprint density at radius 2 is 1.66 bits per heavy atom. The molecule has 0 aromatic carbocycles. The third-order valence-corrected chi connectivity index (χ3v) is 15.1. The van der Waals surface area contributed by atoms with Crippen LogP contribution in [0.3, 0.4) is 0 Å². The number of carbonyl (C=O) groups is 4. The van der Waals surface area contributed by atoms with Gasteiger partial charge in [0.2, 0.25) is 5.79 Å². The maximum Gasteiger partial charge on any atom is 0.329 e. The average molecular weight is 955 g/mol. The summed E-state index contributed by atoms with van der Waals surface area (Å²) in [6, 6.07) is -0.981. The van der Waals surface area contributed by atoms with Gasteiger partial charge in [-0.25, -0.2) is 4.79 Å². The van der Waals surface area contributed by atoms with Crippen molar-refractivity contribution in [2.45, 2.75) is 173 Å². The normalized spacial score (nSPS) is 40.4. The first kappa shape index (κ1) is 55.5. The number of piperidine rings is 1. The van der Waals surface area contributed by atoms with Crippen LogP contribution in [0.2, 0.25) is 0 Å². The maximum atomic E-state index is 15.0. The van der Waals surface area contributed by atoms with E-state index in [9.17, 15) is 34.5 Å². The number of cyclic esters (lactones) is 1. The highest BCUT2D eigenvalue weighted by Crippen LogP contribution is 2.46. The molecule has 0 aromatic rings. The minimum Gasteiger partial charge on any atom is -0.460 e. The summed E-state index contributed by atoms with van der Waals surface area (Å²) in [4.78, 5) is 63.8. The first-order chi connectivity index (χ1) is 32.5. The van der Waals surface area contributed by atoms with Crippen LogP contribution in [0.25, 0.3) is 0 Å². The molecule has 0 radical (unpaired) electrons. The molecule has 382 valence electrons. The van der Waals surface area contributed by atoms with Crippen molar-refractivity contribution in [3.8, 4) is 0 Å². The molecule has 3 saturated heterocycles. The van der Waals surface area contributed by atoms with Crippen LogP contribution in [-0.4, -0.2) is 152 Å². The molecular formula is C53H82N2O13. The summed E-state index contributed by atoms with van der Waals surface area (Å²) in [6.45, 7) is 11.5. The Balaban J connectivity index is 1.51. The number of carbonyl (C=O) groups excluding carboxylic acids is 4. The summed E-state index contributed by atoms with van der Waals surface area (Å²) in [7, 11) is 4.63. The van der Waals surface area contributed by atoms with Gasteiger partial charge in [-0.3, -0.25) is 19.4 Å². The van der Waals surface area contributed by atoms with E-state index in [-0.39, 0.29) is 85.4 Å². The molecule has 15 nitrogen and oxygen atoms in total. The van der Waals surface area contributed by atoms with Gasteiger partial charge >= 0.3 is 5.97 Å². The van der Waals surface area contributed by atoms with Crippen molar-refractivity contribution in [3.63, 3.8) is 0 Å².